The van der Waals surface area contributed by atoms with Gasteiger partial charge >= 0.3 is 0 Å². The van der Waals surface area contributed by atoms with Crippen LogP contribution in [0.5, 0.6) is 0 Å². The Hall–Kier alpha value is -0.0700. The van der Waals surface area contributed by atoms with Gasteiger partial charge in [0.05, 0.1) is 6.10 Å². The van der Waals surface area contributed by atoms with Crippen molar-refractivity contribution in [1.82, 2.24) is 10.2 Å². The van der Waals surface area contributed by atoms with Gasteiger partial charge in [0.2, 0.25) is 5.91 Å². The van der Waals surface area contributed by atoms with E-state index in [2.05, 4.69) is 24.1 Å². The van der Waals surface area contributed by atoms with E-state index in [1.165, 1.54) is 12.8 Å². The van der Waals surface area contributed by atoms with Crippen LogP contribution in [-0.2, 0) is 9.53 Å². The fourth-order valence-electron chi connectivity index (χ4n) is 3.19. The van der Waals surface area contributed by atoms with Crippen LogP contribution in [0, 0.1) is 5.92 Å². The van der Waals surface area contributed by atoms with E-state index >= 15 is 0 Å². The number of nitrogens with one attached hydrogen (secondary N) is 1. The number of amides is 1. The minimum absolute atomic E-state index is 0. The van der Waals surface area contributed by atoms with Crippen molar-refractivity contribution in [3.8, 4) is 0 Å². The standard InChI is InChI=1S/C15H29N3O2.2ClH/c1-11-4-3-7-18(10-11)12(2)9-17-15(19)14-6-5-13(8-16)20-14;;/h11-14H,3-10,16H2,1-2H3,(H,17,19);2*1H/t11?,12?,13-,14+;;/m1../s1. The molecule has 1 amide bonds. The van der Waals surface area contributed by atoms with Gasteiger partial charge in [-0.1, -0.05) is 6.92 Å². The maximum Gasteiger partial charge on any atom is 0.249 e. The highest BCUT2D eigenvalue weighted by Gasteiger charge is 2.30. The van der Waals surface area contributed by atoms with E-state index in [9.17, 15) is 4.79 Å². The molecule has 2 aliphatic rings. The van der Waals surface area contributed by atoms with Crippen LogP contribution in [0.2, 0.25) is 0 Å². The molecule has 2 rings (SSSR count). The molecular formula is C15H31Cl2N3O2. The molecule has 0 spiro atoms. The number of likely N-dealkylation sites (tertiary alicyclic amines) is 1. The van der Waals surface area contributed by atoms with E-state index in [0.717, 1.165) is 31.8 Å². The van der Waals surface area contributed by atoms with Crippen LogP contribution < -0.4 is 11.1 Å². The van der Waals surface area contributed by atoms with Gasteiger partial charge in [0.1, 0.15) is 6.10 Å². The minimum atomic E-state index is -0.295. The number of rotatable bonds is 5. The smallest absolute Gasteiger partial charge is 0.249 e. The van der Waals surface area contributed by atoms with Crippen LogP contribution >= 0.6 is 24.8 Å². The second-order valence-electron chi connectivity index (χ2n) is 6.40. The molecule has 0 aromatic heterocycles. The first-order chi connectivity index (χ1) is 9.60. The lowest BCUT2D eigenvalue weighted by Gasteiger charge is -2.35. The number of nitrogens with two attached hydrogens (primary N) is 1. The molecular weight excluding hydrogens is 325 g/mol. The van der Waals surface area contributed by atoms with Crippen LogP contribution in [0.3, 0.4) is 0 Å². The molecule has 5 nitrogen and oxygen atoms in total. The van der Waals surface area contributed by atoms with E-state index in [4.69, 9.17) is 10.5 Å². The molecule has 2 heterocycles. The molecule has 7 heteroatoms. The summed E-state index contributed by atoms with van der Waals surface area (Å²) < 4.78 is 5.62. The molecule has 132 valence electrons. The van der Waals surface area contributed by atoms with Gasteiger partial charge in [-0.25, -0.2) is 0 Å². The van der Waals surface area contributed by atoms with E-state index in [1.807, 2.05) is 0 Å². The van der Waals surface area contributed by atoms with Gasteiger partial charge in [0, 0.05) is 25.7 Å². The Kier molecular flexibility index (Phi) is 10.6. The first kappa shape index (κ1) is 21.9. The van der Waals surface area contributed by atoms with E-state index in [1.54, 1.807) is 0 Å². The van der Waals surface area contributed by atoms with Gasteiger partial charge in [0.25, 0.3) is 0 Å². The summed E-state index contributed by atoms with van der Waals surface area (Å²) in [5, 5.41) is 3.03. The number of hydrogen-bond acceptors (Lipinski definition) is 4. The summed E-state index contributed by atoms with van der Waals surface area (Å²) in [6.07, 6.45) is 4.05. The molecule has 2 fully saturated rings. The third-order valence-electron chi connectivity index (χ3n) is 4.55. The second kappa shape index (κ2) is 10.7. The molecule has 0 aliphatic carbocycles. The number of carbonyl (C=O) groups excluding carboxylic acids is 1. The van der Waals surface area contributed by atoms with Crippen LogP contribution in [0.25, 0.3) is 0 Å². The molecule has 3 N–H and O–H groups in total. The molecule has 0 aromatic rings. The second-order valence-corrected chi connectivity index (χ2v) is 6.40. The zero-order valence-corrected chi connectivity index (χ0v) is 15.3. The van der Waals surface area contributed by atoms with Crippen LogP contribution in [0.15, 0.2) is 0 Å². The predicted molar refractivity (Wildman–Crippen MR) is 93.9 cm³/mol. The highest BCUT2D eigenvalue weighted by Crippen LogP contribution is 2.19. The summed E-state index contributed by atoms with van der Waals surface area (Å²) in [6.45, 7) is 8.00. The van der Waals surface area contributed by atoms with Crippen molar-refractivity contribution in [1.29, 1.82) is 0 Å². The van der Waals surface area contributed by atoms with Crippen LogP contribution in [0.1, 0.15) is 39.5 Å². The van der Waals surface area contributed by atoms with Crippen molar-refractivity contribution >= 4 is 30.7 Å². The Labute approximate surface area is 146 Å². The van der Waals surface area contributed by atoms with Crippen molar-refractivity contribution in [3.63, 3.8) is 0 Å². The Morgan fingerprint density at radius 2 is 2.09 bits per heavy atom. The largest absolute Gasteiger partial charge is 0.364 e. The summed E-state index contributed by atoms with van der Waals surface area (Å²) in [4.78, 5) is 14.5. The number of hydrogen-bond donors (Lipinski definition) is 2. The van der Waals surface area contributed by atoms with Crippen molar-refractivity contribution < 1.29 is 9.53 Å². The van der Waals surface area contributed by atoms with E-state index in [0.29, 0.717) is 19.1 Å². The highest BCUT2D eigenvalue weighted by atomic mass is 35.5. The molecule has 0 bridgehead atoms. The molecule has 2 unspecified atom stereocenters. The fourth-order valence-corrected chi connectivity index (χ4v) is 3.19. The van der Waals surface area contributed by atoms with Gasteiger partial charge in [-0.05, 0) is 45.1 Å². The average molecular weight is 356 g/mol. The number of halogens is 2. The van der Waals surface area contributed by atoms with Crippen LogP contribution in [-0.4, -0.2) is 55.2 Å². The van der Waals surface area contributed by atoms with Crippen molar-refractivity contribution in [2.45, 2.75) is 57.8 Å². The number of nitrogens with zero attached hydrogens (tertiary/aromatic N) is 1. The fraction of sp³-hybridized carbons (Fsp3) is 0.933. The third kappa shape index (κ3) is 6.20. The monoisotopic (exact) mass is 355 g/mol. The topological polar surface area (TPSA) is 67.6 Å². The zero-order chi connectivity index (χ0) is 14.5. The number of ether oxygens (including phenoxy) is 1. The Morgan fingerprint density at radius 1 is 1.36 bits per heavy atom. The molecule has 0 aromatic carbocycles. The average Bonchev–Trinajstić information content (AvgIpc) is 2.93. The maximum atomic E-state index is 12.1. The van der Waals surface area contributed by atoms with Gasteiger partial charge in [0.15, 0.2) is 0 Å². The van der Waals surface area contributed by atoms with Crippen LogP contribution in [0.4, 0.5) is 0 Å². The summed E-state index contributed by atoms with van der Waals surface area (Å²) in [7, 11) is 0. The molecule has 2 aliphatic heterocycles. The lowest BCUT2D eigenvalue weighted by Crippen LogP contribution is -2.48. The summed E-state index contributed by atoms with van der Waals surface area (Å²) in [5.74, 6) is 0.795. The summed E-state index contributed by atoms with van der Waals surface area (Å²) >= 11 is 0. The lowest BCUT2D eigenvalue weighted by atomic mass is 9.99. The van der Waals surface area contributed by atoms with Gasteiger partial charge < -0.3 is 15.8 Å². The van der Waals surface area contributed by atoms with Crippen molar-refractivity contribution in [2.75, 3.05) is 26.2 Å². The number of piperidine rings is 1. The Morgan fingerprint density at radius 3 is 2.68 bits per heavy atom. The lowest BCUT2D eigenvalue weighted by molar-refractivity contribution is -0.132. The predicted octanol–water partition coefficient (Wildman–Crippen LogP) is 1.57. The highest BCUT2D eigenvalue weighted by molar-refractivity contribution is 5.85. The summed E-state index contributed by atoms with van der Waals surface area (Å²) in [6, 6.07) is 0.397. The third-order valence-corrected chi connectivity index (χ3v) is 4.55. The Bertz CT molecular complexity index is 334. The van der Waals surface area contributed by atoms with Gasteiger partial charge in [-0.3, -0.25) is 9.69 Å². The molecule has 4 atom stereocenters. The maximum absolute atomic E-state index is 12.1. The Balaban J connectivity index is 0.00000220. The normalized spacial score (nSPS) is 30.0. The SMILES string of the molecule is CC1CCCN(C(C)CNC(=O)[C@@H]2CC[C@H](CN)O2)C1.Cl.Cl. The van der Waals surface area contributed by atoms with Gasteiger partial charge in [-0.2, -0.15) is 0 Å². The minimum Gasteiger partial charge on any atom is -0.364 e. The van der Waals surface area contributed by atoms with Crippen molar-refractivity contribution in [2.24, 2.45) is 11.7 Å². The summed E-state index contributed by atoms with van der Waals surface area (Å²) in [5.41, 5.74) is 5.57. The first-order valence-corrected chi connectivity index (χ1v) is 7.97. The van der Waals surface area contributed by atoms with Gasteiger partial charge in [-0.15, -0.1) is 24.8 Å². The van der Waals surface area contributed by atoms with E-state index in [-0.39, 0.29) is 42.9 Å². The quantitative estimate of drug-likeness (QED) is 0.785. The van der Waals surface area contributed by atoms with E-state index < -0.39 is 0 Å². The zero-order valence-electron chi connectivity index (χ0n) is 13.6. The number of carbonyl (C=O) groups is 1. The molecule has 22 heavy (non-hydrogen) atoms. The molecule has 0 radical (unpaired) electrons. The first-order valence-electron chi connectivity index (χ1n) is 7.97. The van der Waals surface area contributed by atoms with Crippen molar-refractivity contribution in [3.05, 3.63) is 0 Å². The molecule has 2 saturated heterocycles. The molecule has 0 saturated carbocycles.